The fourth-order valence-electron chi connectivity index (χ4n) is 6.08. The van der Waals surface area contributed by atoms with Crippen LogP contribution in [0.2, 0.25) is 0 Å². The Morgan fingerprint density at radius 1 is 0.900 bits per heavy atom. The van der Waals surface area contributed by atoms with E-state index in [1.807, 2.05) is 44.2 Å². The van der Waals surface area contributed by atoms with Crippen LogP contribution in [0.15, 0.2) is 76.1 Å². The Kier molecular flexibility index (Phi) is 10.0. The molecule has 3 aromatic heterocycles. The van der Waals surface area contributed by atoms with Crippen molar-refractivity contribution in [2.45, 2.75) is 70.2 Å². The topological polar surface area (TPSA) is 202 Å². The van der Waals surface area contributed by atoms with Crippen molar-refractivity contribution in [1.82, 2.24) is 41.1 Å². The molecule has 5 atom stereocenters. The number of hydrogen-bond acceptors (Lipinski definition) is 10. The third-order valence-corrected chi connectivity index (χ3v) is 8.55. The first-order valence-corrected chi connectivity index (χ1v) is 16.4. The van der Waals surface area contributed by atoms with Crippen LogP contribution < -0.4 is 21.3 Å². The second-order valence-electron chi connectivity index (χ2n) is 12.9. The molecule has 0 spiro atoms. The average Bonchev–Trinajstić information content (AvgIpc) is 3.88. The van der Waals surface area contributed by atoms with Gasteiger partial charge in [-0.2, -0.15) is 0 Å². The van der Waals surface area contributed by atoms with E-state index in [-0.39, 0.29) is 54.2 Å². The molecule has 1 saturated heterocycles. The minimum Gasteiger partial charge on any atom is -0.446 e. The molecule has 4 bridgehead atoms. The number of pyridine rings is 1. The summed E-state index contributed by atoms with van der Waals surface area (Å²) in [5.74, 6) is -2.52. The van der Waals surface area contributed by atoms with Crippen molar-refractivity contribution in [1.29, 1.82) is 0 Å². The predicted molar refractivity (Wildman–Crippen MR) is 176 cm³/mol. The van der Waals surface area contributed by atoms with Gasteiger partial charge in [-0.15, -0.1) is 0 Å². The highest BCUT2D eigenvalue weighted by atomic mass is 16.3. The first-order chi connectivity index (χ1) is 24.0. The number of hydrogen-bond donors (Lipinski definition) is 4. The third-order valence-electron chi connectivity index (χ3n) is 8.55. The molecule has 15 heteroatoms. The Bertz CT molecular complexity index is 1860. The first-order valence-electron chi connectivity index (χ1n) is 16.4. The highest BCUT2D eigenvalue weighted by Crippen LogP contribution is 2.25. The van der Waals surface area contributed by atoms with E-state index in [0.29, 0.717) is 6.42 Å². The number of carbonyl (C=O) groups is 5. The molecule has 0 unspecified atom stereocenters. The Morgan fingerprint density at radius 3 is 2.36 bits per heavy atom. The zero-order valence-corrected chi connectivity index (χ0v) is 27.8. The van der Waals surface area contributed by atoms with E-state index in [1.54, 1.807) is 25.1 Å². The molecule has 260 valence electrons. The summed E-state index contributed by atoms with van der Waals surface area (Å²) in [6, 6.07) is 10.1. The molecule has 2 aliphatic rings. The predicted octanol–water partition coefficient (Wildman–Crippen LogP) is 2.51. The van der Waals surface area contributed by atoms with Gasteiger partial charge in [0, 0.05) is 25.2 Å². The van der Waals surface area contributed by atoms with Crippen LogP contribution in [0.25, 0.3) is 0 Å². The zero-order chi connectivity index (χ0) is 35.4. The van der Waals surface area contributed by atoms with Gasteiger partial charge in [-0.3, -0.25) is 29.0 Å². The molecule has 1 fully saturated rings. The lowest BCUT2D eigenvalue weighted by Gasteiger charge is -2.25. The molecule has 4 aromatic rings. The summed E-state index contributed by atoms with van der Waals surface area (Å²) in [6.45, 7) is 5.47. The number of aromatic nitrogens is 3. The zero-order valence-electron chi connectivity index (χ0n) is 27.8. The molecule has 0 aliphatic carbocycles. The van der Waals surface area contributed by atoms with Gasteiger partial charge in [0.15, 0.2) is 11.4 Å². The van der Waals surface area contributed by atoms with Crippen LogP contribution in [0.4, 0.5) is 0 Å². The minimum atomic E-state index is -1.04. The number of benzene rings is 1. The van der Waals surface area contributed by atoms with E-state index >= 15 is 0 Å². The summed E-state index contributed by atoms with van der Waals surface area (Å²) in [5, 5.41) is 11.4. The highest BCUT2D eigenvalue weighted by Gasteiger charge is 2.43. The normalized spacial score (nSPS) is 23.0. The van der Waals surface area contributed by atoms with Gasteiger partial charge in [-0.1, -0.05) is 50.2 Å². The minimum absolute atomic E-state index is 0.00642. The molecule has 4 N–H and O–H groups in total. The number of rotatable bonds is 6. The largest absolute Gasteiger partial charge is 0.446 e. The van der Waals surface area contributed by atoms with Gasteiger partial charge in [-0.25, -0.2) is 9.97 Å². The van der Waals surface area contributed by atoms with E-state index in [9.17, 15) is 24.0 Å². The van der Waals surface area contributed by atoms with Gasteiger partial charge in [-0.05, 0) is 43.4 Å². The van der Waals surface area contributed by atoms with E-state index in [0.717, 1.165) is 5.56 Å². The van der Waals surface area contributed by atoms with Gasteiger partial charge < -0.3 is 35.0 Å². The summed E-state index contributed by atoms with van der Waals surface area (Å²) in [7, 11) is 0. The number of amides is 5. The SMILES string of the molecule is CC(C)C[C@H]1NC(=O)c2coc(n2)[C@H](Cc2ccccc2)NC(=O)[C@@H]2C[C@H](NC(=O)c3ccccn3)CN2C(=O)c2coc(n2)[C@@H](C)NC1=O. The number of nitrogens with zero attached hydrogens (tertiary/aromatic N) is 4. The highest BCUT2D eigenvalue weighted by molar-refractivity contribution is 5.98. The second-order valence-corrected chi connectivity index (χ2v) is 12.9. The summed E-state index contributed by atoms with van der Waals surface area (Å²) in [4.78, 5) is 82.1. The molecule has 50 heavy (non-hydrogen) atoms. The summed E-state index contributed by atoms with van der Waals surface area (Å²) in [5.41, 5.74) is 0.884. The van der Waals surface area contributed by atoms with Crippen molar-refractivity contribution in [3.8, 4) is 0 Å². The molecule has 1 aromatic carbocycles. The molecule has 0 radical (unpaired) electrons. The van der Waals surface area contributed by atoms with Crippen molar-refractivity contribution in [3.63, 3.8) is 0 Å². The van der Waals surface area contributed by atoms with E-state index < -0.39 is 59.7 Å². The van der Waals surface area contributed by atoms with E-state index in [2.05, 4.69) is 36.2 Å². The smallest absolute Gasteiger partial charge is 0.276 e. The number of carbonyl (C=O) groups excluding carboxylic acids is 5. The van der Waals surface area contributed by atoms with Gasteiger partial charge in [0.2, 0.25) is 23.6 Å². The van der Waals surface area contributed by atoms with Crippen LogP contribution in [0.5, 0.6) is 0 Å². The lowest BCUT2D eigenvalue weighted by molar-refractivity contribution is -0.126. The monoisotopic (exact) mass is 682 g/mol. The van der Waals surface area contributed by atoms with E-state index in [4.69, 9.17) is 8.83 Å². The second kappa shape index (κ2) is 14.7. The van der Waals surface area contributed by atoms with Crippen LogP contribution >= 0.6 is 0 Å². The Balaban J connectivity index is 1.36. The molecular weight excluding hydrogens is 644 g/mol. The molecule has 15 nitrogen and oxygen atoms in total. The number of nitrogens with one attached hydrogen (secondary N) is 4. The van der Waals surface area contributed by atoms with Gasteiger partial charge in [0.05, 0.1) is 0 Å². The van der Waals surface area contributed by atoms with Gasteiger partial charge in [0.25, 0.3) is 17.7 Å². The first kappa shape index (κ1) is 34.0. The molecule has 0 saturated carbocycles. The molecule has 5 amide bonds. The lowest BCUT2D eigenvalue weighted by Crippen LogP contribution is -2.48. The van der Waals surface area contributed by atoms with Crippen LogP contribution in [0.3, 0.4) is 0 Å². The Labute approximate surface area is 287 Å². The van der Waals surface area contributed by atoms with Crippen molar-refractivity contribution in [2.24, 2.45) is 5.92 Å². The van der Waals surface area contributed by atoms with Crippen LogP contribution in [0.1, 0.15) is 94.5 Å². The summed E-state index contributed by atoms with van der Waals surface area (Å²) >= 11 is 0. The maximum atomic E-state index is 14.1. The fourth-order valence-corrected chi connectivity index (χ4v) is 6.08. The maximum Gasteiger partial charge on any atom is 0.276 e. The van der Waals surface area contributed by atoms with Crippen molar-refractivity contribution < 1.29 is 32.8 Å². The van der Waals surface area contributed by atoms with Crippen molar-refractivity contribution >= 4 is 29.5 Å². The summed E-state index contributed by atoms with van der Waals surface area (Å²) in [6.07, 6.45) is 4.50. The fraction of sp³-hybridized carbons (Fsp3) is 0.371. The maximum absolute atomic E-state index is 14.1. The van der Waals surface area contributed by atoms with Crippen molar-refractivity contribution in [2.75, 3.05) is 6.54 Å². The summed E-state index contributed by atoms with van der Waals surface area (Å²) < 4.78 is 11.4. The number of oxazole rings is 2. The van der Waals surface area contributed by atoms with Crippen LogP contribution in [-0.2, 0) is 16.0 Å². The van der Waals surface area contributed by atoms with Gasteiger partial charge in [0.1, 0.15) is 42.4 Å². The average molecular weight is 683 g/mol. The molecule has 6 rings (SSSR count). The Morgan fingerprint density at radius 2 is 1.62 bits per heavy atom. The van der Waals surface area contributed by atoms with Crippen molar-refractivity contribution in [3.05, 3.63) is 102 Å². The quantitative estimate of drug-likeness (QED) is 0.234. The third kappa shape index (κ3) is 7.72. The molecule has 2 aliphatic heterocycles. The van der Waals surface area contributed by atoms with E-state index in [1.165, 1.54) is 23.6 Å². The van der Waals surface area contributed by atoms with Crippen LogP contribution in [0, 0.1) is 5.92 Å². The van der Waals surface area contributed by atoms with Crippen LogP contribution in [-0.4, -0.2) is 74.1 Å². The lowest BCUT2D eigenvalue weighted by atomic mass is 10.0. The molecular formula is C35H38N8O7. The molecule has 5 heterocycles. The van der Waals surface area contributed by atoms with Gasteiger partial charge >= 0.3 is 0 Å². The number of fused-ring (bicyclic) bond motifs is 5. The standard InChI is InChI=1S/C35H38N8O7/c1-19(2)13-24-30(45)37-20(3)33-42-27(18-49-33)35(48)43-16-22(38-29(44)23-11-7-8-12-36-23)15-28(43)32(47)40-25(14-21-9-5-4-6-10-21)34-41-26(17-50-34)31(46)39-24/h4-12,17-20,22,24-25,28H,13-16H2,1-3H3,(H,37,45)(H,38,44)(H,39,46)(H,40,47)/t20-,22+,24-,25+,28+/m1/s1. The Hall–Kier alpha value is -5.86.